The van der Waals surface area contributed by atoms with Crippen molar-refractivity contribution in [2.45, 2.75) is 20.0 Å². The summed E-state index contributed by atoms with van der Waals surface area (Å²) in [5.74, 6) is -0.989. The molecule has 0 aliphatic rings. The number of hydrogen-bond donors (Lipinski definition) is 1. The summed E-state index contributed by atoms with van der Waals surface area (Å²) in [6, 6.07) is 1.94. The molecule has 2 rings (SSSR count). The van der Waals surface area contributed by atoms with E-state index in [0.29, 0.717) is 0 Å². The minimum atomic E-state index is -4.70. The van der Waals surface area contributed by atoms with E-state index in [-0.39, 0.29) is 23.3 Å². The van der Waals surface area contributed by atoms with Crippen LogP contribution in [-0.2, 0) is 6.18 Å². The van der Waals surface area contributed by atoms with Gasteiger partial charge < -0.3 is 9.72 Å². The molecule has 0 saturated carbocycles. The van der Waals surface area contributed by atoms with Gasteiger partial charge in [-0.15, -0.1) is 0 Å². The van der Waals surface area contributed by atoms with Crippen molar-refractivity contribution in [2.24, 2.45) is 0 Å². The summed E-state index contributed by atoms with van der Waals surface area (Å²) < 4.78 is 56.9. The lowest BCUT2D eigenvalue weighted by Crippen LogP contribution is -2.19. The fourth-order valence-electron chi connectivity index (χ4n) is 1.94. The minimum absolute atomic E-state index is 0.0413. The molecule has 3 nitrogen and oxygen atoms in total. The molecule has 7 heteroatoms. The van der Waals surface area contributed by atoms with Gasteiger partial charge in [-0.3, -0.25) is 4.79 Å². The SMILES string of the molecule is CCOc1cc2c(=O)c(C)c(C(F)(F)F)[nH]c2cc1F. The van der Waals surface area contributed by atoms with Crippen LogP contribution in [0, 0.1) is 12.7 Å². The zero-order chi connectivity index (χ0) is 15.1. The summed E-state index contributed by atoms with van der Waals surface area (Å²) in [7, 11) is 0. The Hall–Kier alpha value is -2.05. The monoisotopic (exact) mass is 289 g/mol. The smallest absolute Gasteiger partial charge is 0.431 e. The zero-order valence-corrected chi connectivity index (χ0v) is 10.7. The summed E-state index contributed by atoms with van der Waals surface area (Å²) in [4.78, 5) is 14.0. The van der Waals surface area contributed by atoms with Gasteiger partial charge in [0.05, 0.1) is 12.1 Å². The van der Waals surface area contributed by atoms with Crippen LogP contribution in [0.2, 0.25) is 0 Å². The number of pyridine rings is 1. The minimum Gasteiger partial charge on any atom is -0.491 e. The average Bonchev–Trinajstić information content (AvgIpc) is 2.34. The highest BCUT2D eigenvalue weighted by atomic mass is 19.4. The maximum absolute atomic E-state index is 13.6. The molecule has 20 heavy (non-hydrogen) atoms. The second-order valence-corrected chi connectivity index (χ2v) is 4.21. The van der Waals surface area contributed by atoms with E-state index < -0.39 is 28.7 Å². The maximum atomic E-state index is 13.6. The van der Waals surface area contributed by atoms with Crippen molar-refractivity contribution in [2.75, 3.05) is 6.61 Å². The number of hydrogen-bond acceptors (Lipinski definition) is 2. The number of rotatable bonds is 2. The number of benzene rings is 1. The van der Waals surface area contributed by atoms with E-state index in [9.17, 15) is 22.4 Å². The molecule has 1 N–H and O–H groups in total. The van der Waals surface area contributed by atoms with Gasteiger partial charge in [-0.25, -0.2) is 4.39 Å². The molecule has 1 heterocycles. The van der Waals surface area contributed by atoms with E-state index in [4.69, 9.17) is 4.74 Å². The summed E-state index contributed by atoms with van der Waals surface area (Å²) in [6.45, 7) is 2.89. The van der Waals surface area contributed by atoms with Gasteiger partial charge in [0, 0.05) is 17.0 Å². The van der Waals surface area contributed by atoms with Gasteiger partial charge in [-0.05, 0) is 19.9 Å². The summed E-state index contributed by atoms with van der Waals surface area (Å²) in [5, 5.41) is -0.0413. The normalized spacial score (nSPS) is 11.9. The molecule has 0 aliphatic heterocycles. The topological polar surface area (TPSA) is 42.1 Å². The zero-order valence-electron chi connectivity index (χ0n) is 10.7. The van der Waals surface area contributed by atoms with Crippen LogP contribution < -0.4 is 10.2 Å². The molecular weight excluding hydrogens is 278 g/mol. The molecule has 0 aliphatic carbocycles. The van der Waals surface area contributed by atoms with Crippen LogP contribution in [0.3, 0.4) is 0 Å². The fraction of sp³-hybridized carbons (Fsp3) is 0.308. The van der Waals surface area contributed by atoms with Gasteiger partial charge in [0.2, 0.25) is 0 Å². The van der Waals surface area contributed by atoms with Crippen molar-refractivity contribution < 1.29 is 22.3 Å². The molecule has 0 bridgehead atoms. The predicted octanol–water partition coefficient (Wildman–Crippen LogP) is 3.39. The Kier molecular flexibility index (Phi) is 3.45. The number of H-pyrrole nitrogens is 1. The van der Waals surface area contributed by atoms with Crippen LogP contribution in [0.1, 0.15) is 18.2 Å². The van der Waals surface area contributed by atoms with Gasteiger partial charge in [0.15, 0.2) is 17.0 Å². The lowest BCUT2D eigenvalue weighted by Gasteiger charge is -2.12. The molecule has 2 aromatic rings. The Balaban J connectivity index is 2.81. The number of alkyl halides is 3. The van der Waals surface area contributed by atoms with Gasteiger partial charge in [-0.1, -0.05) is 0 Å². The third-order valence-corrected chi connectivity index (χ3v) is 2.88. The second-order valence-electron chi connectivity index (χ2n) is 4.21. The van der Waals surface area contributed by atoms with E-state index in [1.54, 1.807) is 6.92 Å². The van der Waals surface area contributed by atoms with Crippen molar-refractivity contribution in [3.8, 4) is 5.75 Å². The molecule has 0 fully saturated rings. The predicted molar refractivity (Wildman–Crippen MR) is 65.4 cm³/mol. The maximum Gasteiger partial charge on any atom is 0.431 e. The van der Waals surface area contributed by atoms with Crippen molar-refractivity contribution in [1.29, 1.82) is 0 Å². The van der Waals surface area contributed by atoms with Gasteiger partial charge >= 0.3 is 6.18 Å². The highest BCUT2D eigenvalue weighted by Crippen LogP contribution is 2.31. The van der Waals surface area contributed by atoms with Crippen molar-refractivity contribution in [1.82, 2.24) is 4.98 Å². The molecule has 0 unspecified atom stereocenters. The third kappa shape index (κ3) is 2.35. The molecule has 0 radical (unpaired) electrons. The summed E-state index contributed by atoms with van der Waals surface area (Å²) in [5.41, 5.74) is -2.64. The summed E-state index contributed by atoms with van der Waals surface area (Å²) >= 11 is 0. The van der Waals surface area contributed by atoms with Gasteiger partial charge in [0.25, 0.3) is 0 Å². The van der Waals surface area contributed by atoms with Crippen LogP contribution >= 0.6 is 0 Å². The highest BCUT2D eigenvalue weighted by molar-refractivity contribution is 5.81. The number of aromatic nitrogens is 1. The van der Waals surface area contributed by atoms with Crippen LogP contribution in [-0.4, -0.2) is 11.6 Å². The fourth-order valence-corrected chi connectivity index (χ4v) is 1.94. The molecule has 108 valence electrons. The lowest BCUT2D eigenvalue weighted by atomic mass is 10.1. The Labute approximate surface area is 111 Å². The Morgan fingerprint density at radius 1 is 1.30 bits per heavy atom. The standard InChI is InChI=1S/C13H11F4NO2/c1-3-20-10-4-7-9(5-8(10)14)18-12(13(15,16)17)6(2)11(7)19/h4-5H,3H2,1-2H3,(H,18,19). The quantitative estimate of drug-likeness (QED) is 0.861. The van der Waals surface area contributed by atoms with Crippen molar-refractivity contribution in [3.05, 3.63) is 39.4 Å². The number of nitrogens with one attached hydrogen (secondary N) is 1. The molecule has 0 atom stereocenters. The van der Waals surface area contributed by atoms with E-state index in [1.165, 1.54) is 0 Å². The molecule has 0 amide bonds. The second kappa shape index (κ2) is 4.81. The van der Waals surface area contributed by atoms with E-state index >= 15 is 0 Å². The van der Waals surface area contributed by atoms with E-state index in [0.717, 1.165) is 19.1 Å². The van der Waals surface area contributed by atoms with Gasteiger partial charge in [-0.2, -0.15) is 13.2 Å². The Morgan fingerprint density at radius 2 is 1.95 bits per heavy atom. The summed E-state index contributed by atoms with van der Waals surface area (Å²) in [6.07, 6.45) is -4.70. The molecule has 0 spiro atoms. The van der Waals surface area contributed by atoms with Crippen LogP contribution in [0.5, 0.6) is 5.75 Å². The van der Waals surface area contributed by atoms with Crippen LogP contribution in [0.25, 0.3) is 10.9 Å². The van der Waals surface area contributed by atoms with Crippen molar-refractivity contribution in [3.63, 3.8) is 0 Å². The first kappa shape index (κ1) is 14.4. The van der Waals surface area contributed by atoms with Gasteiger partial charge in [0.1, 0.15) is 5.69 Å². The number of ether oxygens (including phenoxy) is 1. The largest absolute Gasteiger partial charge is 0.491 e. The Bertz CT molecular complexity index is 719. The molecule has 1 aromatic carbocycles. The molecular formula is C13H11F4NO2. The highest BCUT2D eigenvalue weighted by Gasteiger charge is 2.35. The van der Waals surface area contributed by atoms with Crippen LogP contribution in [0.15, 0.2) is 16.9 Å². The first-order chi connectivity index (χ1) is 9.25. The Morgan fingerprint density at radius 3 is 2.50 bits per heavy atom. The van der Waals surface area contributed by atoms with E-state index in [2.05, 4.69) is 4.98 Å². The average molecular weight is 289 g/mol. The molecule has 0 saturated heterocycles. The lowest BCUT2D eigenvalue weighted by molar-refractivity contribution is -0.141. The van der Waals surface area contributed by atoms with E-state index in [1.807, 2.05) is 0 Å². The van der Waals surface area contributed by atoms with Crippen LogP contribution in [0.4, 0.5) is 17.6 Å². The third-order valence-electron chi connectivity index (χ3n) is 2.88. The number of aromatic amines is 1. The van der Waals surface area contributed by atoms with Crippen molar-refractivity contribution >= 4 is 10.9 Å². The first-order valence-corrected chi connectivity index (χ1v) is 5.81. The molecule has 1 aromatic heterocycles. The number of fused-ring (bicyclic) bond motifs is 1. The first-order valence-electron chi connectivity index (χ1n) is 5.81. The number of halogens is 4.